The molecule has 0 spiro atoms. The van der Waals surface area contributed by atoms with Crippen molar-refractivity contribution in [2.75, 3.05) is 32.1 Å². The molecule has 0 bridgehead atoms. The Morgan fingerprint density at radius 1 is 1.11 bits per heavy atom. The Balaban J connectivity index is 1.87. The SMILES string of the molecule is CNCC1(CN(C)c2cccc3ccccc23)CC1. The minimum absolute atomic E-state index is 0.500. The molecular weight excluding hydrogens is 232 g/mol. The largest absolute Gasteiger partial charge is 0.373 e. The van der Waals surface area contributed by atoms with E-state index in [4.69, 9.17) is 0 Å². The number of anilines is 1. The maximum absolute atomic E-state index is 3.34. The first-order chi connectivity index (χ1) is 9.24. The highest BCUT2D eigenvalue weighted by Gasteiger charge is 2.42. The summed E-state index contributed by atoms with van der Waals surface area (Å²) in [4.78, 5) is 2.42. The summed E-state index contributed by atoms with van der Waals surface area (Å²) in [5.74, 6) is 0. The molecule has 1 saturated carbocycles. The molecule has 0 aliphatic heterocycles. The van der Waals surface area contributed by atoms with Crippen molar-refractivity contribution >= 4 is 16.5 Å². The molecule has 0 aromatic heterocycles. The third-order valence-electron chi connectivity index (χ3n) is 4.26. The van der Waals surface area contributed by atoms with Gasteiger partial charge < -0.3 is 10.2 Å². The van der Waals surface area contributed by atoms with E-state index in [-0.39, 0.29) is 0 Å². The Kier molecular flexibility index (Phi) is 3.19. The van der Waals surface area contributed by atoms with Crippen LogP contribution in [0.2, 0.25) is 0 Å². The van der Waals surface area contributed by atoms with Gasteiger partial charge in [0.15, 0.2) is 0 Å². The maximum atomic E-state index is 3.34. The van der Waals surface area contributed by atoms with E-state index in [0.717, 1.165) is 13.1 Å². The lowest BCUT2D eigenvalue weighted by molar-refractivity contribution is 0.483. The Bertz CT molecular complexity index is 567. The highest BCUT2D eigenvalue weighted by molar-refractivity contribution is 5.94. The number of hydrogen-bond acceptors (Lipinski definition) is 2. The monoisotopic (exact) mass is 254 g/mol. The van der Waals surface area contributed by atoms with Crippen molar-refractivity contribution in [3.05, 3.63) is 42.5 Å². The van der Waals surface area contributed by atoms with Crippen LogP contribution in [0.25, 0.3) is 10.8 Å². The minimum atomic E-state index is 0.500. The standard InChI is InChI=1S/C17H22N2/c1-18-12-17(10-11-17)13-19(2)16-9-5-7-14-6-3-4-8-15(14)16/h3-9,18H,10-13H2,1-2H3. The zero-order valence-electron chi connectivity index (χ0n) is 11.8. The van der Waals surface area contributed by atoms with Gasteiger partial charge in [-0.25, -0.2) is 0 Å². The van der Waals surface area contributed by atoms with E-state index in [1.807, 2.05) is 0 Å². The van der Waals surface area contributed by atoms with Crippen molar-refractivity contribution in [3.63, 3.8) is 0 Å². The molecule has 2 heteroatoms. The van der Waals surface area contributed by atoms with Gasteiger partial charge in [-0.1, -0.05) is 36.4 Å². The molecule has 0 radical (unpaired) electrons. The summed E-state index contributed by atoms with van der Waals surface area (Å²) in [7, 11) is 4.27. The van der Waals surface area contributed by atoms with E-state index in [2.05, 4.69) is 66.8 Å². The second-order valence-corrected chi connectivity index (χ2v) is 5.88. The van der Waals surface area contributed by atoms with Crippen LogP contribution in [0.1, 0.15) is 12.8 Å². The third kappa shape index (κ3) is 2.45. The second-order valence-electron chi connectivity index (χ2n) is 5.88. The Labute approximate surface area is 115 Å². The number of rotatable bonds is 5. The molecule has 1 fully saturated rings. The van der Waals surface area contributed by atoms with Crippen LogP contribution in [0, 0.1) is 5.41 Å². The van der Waals surface area contributed by atoms with Gasteiger partial charge in [0, 0.05) is 36.6 Å². The van der Waals surface area contributed by atoms with Crippen LogP contribution in [0.15, 0.2) is 42.5 Å². The van der Waals surface area contributed by atoms with Crippen LogP contribution in [-0.2, 0) is 0 Å². The molecule has 1 aliphatic carbocycles. The zero-order chi connectivity index (χ0) is 13.3. The summed E-state index contributed by atoms with van der Waals surface area (Å²) in [5, 5.41) is 6.02. The third-order valence-corrected chi connectivity index (χ3v) is 4.26. The number of fused-ring (bicyclic) bond motifs is 1. The number of nitrogens with zero attached hydrogens (tertiary/aromatic N) is 1. The molecule has 0 amide bonds. The Morgan fingerprint density at radius 2 is 1.84 bits per heavy atom. The smallest absolute Gasteiger partial charge is 0.0443 e. The highest BCUT2D eigenvalue weighted by Crippen LogP contribution is 2.46. The van der Waals surface area contributed by atoms with Crippen LogP contribution < -0.4 is 10.2 Å². The summed E-state index contributed by atoms with van der Waals surface area (Å²) in [6, 6.07) is 15.2. The first-order valence-electron chi connectivity index (χ1n) is 7.08. The fourth-order valence-corrected chi connectivity index (χ4v) is 3.07. The summed E-state index contributed by atoms with van der Waals surface area (Å²) in [6.45, 7) is 2.27. The maximum Gasteiger partial charge on any atom is 0.0443 e. The molecule has 2 aromatic rings. The van der Waals surface area contributed by atoms with E-state index in [1.54, 1.807) is 0 Å². The normalized spacial score (nSPS) is 16.5. The molecular formula is C17H22N2. The minimum Gasteiger partial charge on any atom is -0.373 e. The zero-order valence-corrected chi connectivity index (χ0v) is 11.8. The van der Waals surface area contributed by atoms with Crippen molar-refractivity contribution < 1.29 is 0 Å². The predicted molar refractivity (Wildman–Crippen MR) is 82.8 cm³/mol. The van der Waals surface area contributed by atoms with Crippen LogP contribution in [0.4, 0.5) is 5.69 Å². The van der Waals surface area contributed by atoms with Crippen LogP contribution >= 0.6 is 0 Å². The fourth-order valence-electron chi connectivity index (χ4n) is 3.07. The van der Waals surface area contributed by atoms with Crippen LogP contribution in [0.5, 0.6) is 0 Å². The average Bonchev–Trinajstić information content (AvgIpc) is 3.18. The number of nitrogens with one attached hydrogen (secondary N) is 1. The lowest BCUT2D eigenvalue weighted by Gasteiger charge is -2.26. The molecule has 0 unspecified atom stereocenters. The predicted octanol–water partition coefficient (Wildman–Crippen LogP) is 3.28. The number of hydrogen-bond donors (Lipinski definition) is 1. The van der Waals surface area contributed by atoms with E-state index < -0.39 is 0 Å². The number of benzene rings is 2. The highest BCUT2D eigenvalue weighted by atomic mass is 15.1. The van der Waals surface area contributed by atoms with Crippen LogP contribution in [-0.4, -0.2) is 27.2 Å². The topological polar surface area (TPSA) is 15.3 Å². The van der Waals surface area contributed by atoms with Crippen molar-refractivity contribution in [2.45, 2.75) is 12.8 Å². The molecule has 1 N–H and O–H groups in total. The van der Waals surface area contributed by atoms with E-state index in [1.165, 1.54) is 29.3 Å². The summed E-state index contributed by atoms with van der Waals surface area (Å²) in [6.07, 6.45) is 2.70. The van der Waals surface area contributed by atoms with Gasteiger partial charge in [-0.2, -0.15) is 0 Å². The summed E-state index contributed by atoms with van der Waals surface area (Å²) < 4.78 is 0. The summed E-state index contributed by atoms with van der Waals surface area (Å²) >= 11 is 0. The van der Waals surface area contributed by atoms with Gasteiger partial charge >= 0.3 is 0 Å². The molecule has 100 valence electrons. The van der Waals surface area contributed by atoms with Gasteiger partial charge in [-0.15, -0.1) is 0 Å². The quantitative estimate of drug-likeness (QED) is 0.881. The Morgan fingerprint density at radius 3 is 2.58 bits per heavy atom. The fraction of sp³-hybridized carbons (Fsp3) is 0.412. The first kappa shape index (κ1) is 12.5. The van der Waals surface area contributed by atoms with Gasteiger partial charge in [-0.05, 0) is 31.3 Å². The van der Waals surface area contributed by atoms with Crippen molar-refractivity contribution in [2.24, 2.45) is 5.41 Å². The van der Waals surface area contributed by atoms with E-state index >= 15 is 0 Å². The molecule has 0 atom stereocenters. The van der Waals surface area contributed by atoms with Gasteiger partial charge in [0.1, 0.15) is 0 Å². The first-order valence-corrected chi connectivity index (χ1v) is 7.08. The molecule has 3 rings (SSSR count). The molecule has 2 aromatic carbocycles. The second kappa shape index (κ2) is 4.86. The molecule has 2 nitrogen and oxygen atoms in total. The van der Waals surface area contributed by atoms with Gasteiger partial charge in [0.25, 0.3) is 0 Å². The van der Waals surface area contributed by atoms with Crippen LogP contribution in [0.3, 0.4) is 0 Å². The van der Waals surface area contributed by atoms with E-state index in [0.29, 0.717) is 5.41 Å². The van der Waals surface area contributed by atoms with Gasteiger partial charge in [0.2, 0.25) is 0 Å². The Hall–Kier alpha value is -1.54. The van der Waals surface area contributed by atoms with Crippen molar-refractivity contribution in [3.8, 4) is 0 Å². The van der Waals surface area contributed by atoms with Gasteiger partial charge in [-0.3, -0.25) is 0 Å². The lowest BCUT2D eigenvalue weighted by Crippen LogP contribution is -2.32. The summed E-state index contributed by atoms with van der Waals surface area (Å²) in [5.41, 5.74) is 1.85. The molecule has 0 saturated heterocycles. The lowest BCUT2D eigenvalue weighted by atomic mass is 10.0. The molecule has 19 heavy (non-hydrogen) atoms. The molecule has 0 heterocycles. The van der Waals surface area contributed by atoms with Crippen molar-refractivity contribution in [1.29, 1.82) is 0 Å². The average molecular weight is 254 g/mol. The van der Waals surface area contributed by atoms with E-state index in [9.17, 15) is 0 Å². The molecule has 1 aliphatic rings. The van der Waals surface area contributed by atoms with Crippen molar-refractivity contribution in [1.82, 2.24) is 5.32 Å². The van der Waals surface area contributed by atoms with Gasteiger partial charge in [0.05, 0.1) is 0 Å².